The predicted octanol–water partition coefficient (Wildman–Crippen LogP) is 4.63. The van der Waals surface area contributed by atoms with Gasteiger partial charge in [0.1, 0.15) is 6.10 Å². The van der Waals surface area contributed by atoms with Gasteiger partial charge in [0.05, 0.1) is 5.52 Å². The second-order valence-corrected chi connectivity index (χ2v) is 7.12. The molecule has 0 fully saturated rings. The summed E-state index contributed by atoms with van der Waals surface area (Å²) >= 11 is 0. The van der Waals surface area contributed by atoms with Crippen LogP contribution < -0.4 is 4.74 Å². The molecule has 0 amide bonds. The molecule has 1 unspecified atom stereocenters. The number of fused-ring (bicyclic) bond motifs is 2. The van der Waals surface area contributed by atoms with Crippen molar-refractivity contribution in [3.8, 4) is 5.88 Å². The Bertz CT molecular complexity index is 905. The molecule has 1 aliphatic heterocycles. The van der Waals surface area contributed by atoms with Crippen molar-refractivity contribution in [2.75, 3.05) is 6.54 Å². The summed E-state index contributed by atoms with van der Waals surface area (Å²) in [5, 5.41) is 1.19. The monoisotopic (exact) mass is 332 g/mol. The maximum absolute atomic E-state index is 6.17. The average molecular weight is 332 g/mol. The number of aryl methyl sites for hydroxylation is 2. The van der Waals surface area contributed by atoms with Crippen LogP contribution in [-0.2, 0) is 13.1 Å². The lowest BCUT2D eigenvalue weighted by Gasteiger charge is -2.21. The number of ether oxygens (including phenoxy) is 1. The first-order valence-corrected chi connectivity index (χ1v) is 8.93. The van der Waals surface area contributed by atoms with Gasteiger partial charge in [-0.05, 0) is 43.5 Å². The van der Waals surface area contributed by atoms with Crippen LogP contribution in [-0.4, -0.2) is 22.5 Å². The van der Waals surface area contributed by atoms with Gasteiger partial charge in [0.15, 0.2) is 0 Å². The van der Waals surface area contributed by atoms with Crippen molar-refractivity contribution < 1.29 is 4.74 Å². The van der Waals surface area contributed by atoms with Gasteiger partial charge in [0.25, 0.3) is 0 Å². The molecular formula is C22H24N2O. The molecule has 25 heavy (non-hydrogen) atoms. The van der Waals surface area contributed by atoms with Gasteiger partial charge in [0.2, 0.25) is 5.88 Å². The highest BCUT2D eigenvalue weighted by Crippen LogP contribution is 2.30. The summed E-state index contributed by atoms with van der Waals surface area (Å²) in [7, 11) is 0. The van der Waals surface area contributed by atoms with Crippen molar-refractivity contribution in [1.82, 2.24) is 9.88 Å². The fourth-order valence-electron chi connectivity index (χ4n) is 3.58. The van der Waals surface area contributed by atoms with Gasteiger partial charge in [-0.1, -0.05) is 42.5 Å². The van der Waals surface area contributed by atoms with Gasteiger partial charge >= 0.3 is 0 Å². The summed E-state index contributed by atoms with van der Waals surface area (Å²) in [5.74, 6) is 0.796. The van der Waals surface area contributed by atoms with Crippen LogP contribution in [0.3, 0.4) is 0 Å². The first kappa shape index (κ1) is 16.1. The number of aromatic nitrogens is 1. The smallest absolute Gasteiger partial charge is 0.218 e. The second-order valence-electron chi connectivity index (χ2n) is 7.12. The molecule has 0 radical (unpaired) electrons. The van der Waals surface area contributed by atoms with Crippen LogP contribution >= 0.6 is 0 Å². The molecule has 2 heterocycles. The molecule has 0 N–H and O–H groups in total. The van der Waals surface area contributed by atoms with Crippen LogP contribution in [0.15, 0.2) is 48.5 Å². The molecule has 3 heteroatoms. The van der Waals surface area contributed by atoms with Crippen LogP contribution in [0.5, 0.6) is 5.88 Å². The van der Waals surface area contributed by atoms with Crippen molar-refractivity contribution in [1.29, 1.82) is 0 Å². The van der Waals surface area contributed by atoms with Crippen molar-refractivity contribution in [3.05, 3.63) is 70.8 Å². The highest BCUT2D eigenvalue weighted by molar-refractivity contribution is 5.84. The Morgan fingerprint density at radius 1 is 1.12 bits per heavy atom. The van der Waals surface area contributed by atoms with E-state index in [1.165, 1.54) is 27.6 Å². The Balaban J connectivity index is 1.71. The van der Waals surface area contributed by atoms with E-state index in [4.69, 9.17) is 9.72 Å². The Labute approximate surface area is 149 Å². The topological polar surface area (TPSA) is 25.4 Å². The maximum atomic E-state index is 6.17. The molecular weight excluding hydrogens is 308 g/mol. The zero-order chi connectivity index (χ0) is 17.4. The van der Waals surface area contributed by atoms with Crippen LogP contribution in [0.25, 0.3) is 10.9 Å². The Hall–Kier alpha value is -2.39. The standard InChI is InChI=1S/C22H24N2O/c1-15-9-10-19-11-20-14-24(13-18-7-5-4-6-8-18)12-16(2)25-22(20)23-21(19)17(15)3/h4-11,16H,12-14H2,1-3H3. The minimum atomic E-state index is 0.125. The third-order valence-electron chi connectivity index (χ3n) is 5.02. The molecule has 0 spiro atoms. The second kappa shape index (κ2) is 6.49. The summed E-state index contributed by atoms with van der Waals surface area (Å²) in [5.41, 5.74) is 6.08. The first-order valence-electron chi connectivity index (χ1n) is 8.93. The first-order chi connectivity index (χ1) is 12.1. The maximum Gasteiger partial charge on any atom is 0.218 e. The fourth-order valence-corrected chi connectivity index (χ4v) is 3.58. The molecule has 1 atom stereocenters. The lowest BCUT2D eigenvalue weighted by atomic mass is 10.0. The molecule has 0 saturated carbocycles. The van der Waals surface area contributed by atoms with Gasteiger partial charge in [-0.3, -0.25) is 4.90 Å². The molecule has 1 aliphatic rings. The lowest BCUT2D eigenvalue weighted by Crippen LogP contribution is -2.30. The number of pyridine rings is 1. The number of nitrogens with zero attached hydrogens (tertiary/aromatic N) is 2. The Morgan fingerprint density at radius 3 is 2.72 bits per heavy atom. The summed E-state index contributed by atoms with van der Waals surface area (Å²) in [6, 6.07) is 17.2. The fraction of sp³-hybridized carbons (Fsp3) is 0.318. The predicted molar refractivity (Wildman–Crippen MR) is 102 cm³/mol. The normalized spacial score (nSPS) is 17.8. The third-order valence-corrected chi connectivity index (χ3v) is 5.02. The SMILES string of the molecule is Cc1ccc2cc3c(nc2c1C)OC(C)CN(Cc1ccccc1)C3. The van der Waals surface area contributed by atoms with Gasteiger partial charge in [0, 0.05) is 30.6 Å². The number of hydrogen-bond acceptors (Lipinski definition) is 3. The van der Waals surface area contributed by atoms with Crippen molar-refractivity contribution in [2.24, 2.45) is 0 Å². The van der Waals surface area contributed by atoms with Crippen LogP contribution in [0.2, 0.25) is 0 Å². The minimum absolute atomic E-state index is 0.125. The Morgan fingerprint density at radius 2 is 1.92 bits per heavy atom. The number of rotatable bonds is 2. The minimum Gasteiger partial charge on any atom is -0.473 e. The van der Waals surface area contributed by atoms with E-state index in [1.54, 1.807) is 0 Å². The molecule has 2 aromatic carbocycles. The molecule has 1 aromatic heterocycles. The molecule has 4 rings (SSSR count). The van der Waals surface area contributed by atoms with E-state index in [-0.39, 0.29) is 6.10 Å². The zero-order valence-corrected chi connectivity index (χ0v) is 15.1. The van der Waals surface area contributed by atoms with Gasteiger partial charge in [-0.2, -0.15) is 0 Å². The molecule has 0 aliphatic carbocycles. The highest BCUT2D eigenvalue weighted by atomic mass is 16.5. The van der Waals surface area contributed by atoms with Gasteiger partial charge in [-0.25, -0.2) is 4.98 Å². The van der Waals surface area contributed by atoms with Crippen LogP contribution in [0.4, 0.5) is 0 Å². The lowest BCUT2D eigenvalue weighted by molar-refractivity contribution is 0.153. The molecule has 3 nitrogen and oxygen atoms in total. The van der Waals surface area contributed by atoms with Gasteiger partial charge < -0.3 is 4.74 Å². The van der Waals surface area contributed by atoms with Crippen molar-refractivity contribution in [3.63, 3.8) is 0 Å². The molecule has 0 saturated heterocycles. The average Bonchev–Trinajstić information content (AvgIpc) is 2.75. The third kappa shape index (κ3) is 3.24. The summed E-state index contributed by atoms with van der Waals surface area (Å²) < 4.78 is 6.17. The van der Waals surface area contributed by atoms with Crippen LogP contribution in [0.1, 0.15) is 29.2 Å². The van der Waals surface area contributed by atoms with E-state index < -0.39 is 0 Å². The molecule has 0 bridgehead atoms. The summed E-state index contributed by atoms with van der Waals surface area (Å²) in [4.78, 5) is 7.32. The quantitative estimate of drug-likeness (QED) is 0.684. The van der Waals surface area contributed by atoms with E-state index in [2.05, 4.69) is 74.2 Å². The summed E-state index contributed by atoms with van der Waals surface area (Å²) in [6.07, 6.45) is 0.125. The van der Waals surface area contributed by atoms with E-state index in [0.29, 0.717) is 0 Å². The van der Waals surface area contributed by atoms with Crippen molar-refractivity contribution in [2.45, 2.75) is 40.0 Å². The number of hydrogen-bond donors (Lipinski definition) is 0. The van der Waals surface area contributed by atoms with E-state index in [9.17, 15) is 0 Å². The molecule has 3 aromatic rings. The van der Waals surface area contributed by atoms with Crippen LogP contribution in [0, 0.1) is 13.8 Å². The van der Waals surface area contributed by atoms with Gasteiger partial charge in [-0.15, -0.1) is 0 Å². The zero-order valence-electron chi connectivity index (χ0n) is 15.1. The van der Waals surface area contributed by atoms with E-state index in [0.717, 1.165) is 31.0 Å². The number of benzene rings is 2. The van der Waals surface area contributed by atoms with E-state index >= 15 is 0 Å². The van der Waals surface area contributed by atoms with Crippen molar-refractivity contribution >= 4 is 10.9 Å². The summed E-state index contributed by atoms with van der Waals surface area (Å²) in [6.45, 7) is 9.09. The molecule has 128 valence electrons. The highest BCUT2D eigenvalue weighted by Gasteiger charge is 2.22. The Kier molecular flexibility index (Phi) is 4.18. The largest absolute Gasteiger partial charge is 0.473 e. The van der Waals surface area contributed by atoms with E-state index in [1.807, 2.05) is 0 Å².